The molecule has 2 fully saturated rings. The number of alkyl halides is 5. The lowest BCUT2D eigenvalue weighted by Gasteiger charge is -2.56. The SMILES string of the molecule is C[C@]12C[C@H](c3cccc(/C=C/c4ccccn4)c3)C3=C4CCC(=O)C=C4CC[C@H]3[C@@H]1CC[C@@]2(O)C(F)(F)C(F)(F)F. The molecule has 0 aliphatic heterocycles. The van der Waals surface area contributed by atoms with Crippen molar-refractivity contribution in [3.05, 3.63) is 88.3 Å². The minimum atomic E-state index is -5.86. The summed E-state index contributed by atoms with van der Waals surface area (Å²) in [5.41, 5.74) is 0.599. The zero-order valence-corrected chi connectivity index (χ0v) is 22.7. The molecule has 4 aliphatic rings. The van der Waals surface area contributed by atoms with Gasteiger partial charge in [-0.3, -0.25) is 9.78 Å². The van der Waals surface area contributed by atoms with Crippen molar-refractivity contribution in [2.75, 3.05) is 0 Å². The molecule has 5 atom stereocenters. The zero-order chi connectivity index (χ0) is 29.2. The van der Waals surface area contributed by atoms with Crippen LogP contribution in [0, 0.1) is 17.3 Å². The molecule has 2 saturated carbocycles. The highest BCUT2D eigenvalue weighted by Gasteiger charge is 2.79. The van der Waals surface area contributed by atoms with Gasteiger partial charge in [-0.25, -0.2) is 0 Å². The number of hydrogen-bond acceptors (Lipinski definition) is 3. The van der Waals surface area contributed by atoms with E-state index in [4.69, 9.17) is 0 Å². The minimum Gasteiger partial charge on any atom is -0.383 e. The molecule has 3 nitrogen and oxygen atoms in total. The van der Waals surface area contributed by atoms with E-state index in [2.05, 4.69) is 4.98 Å². The molecule has 216 valence electrons. The molecule has 1 aromatic carbocycles. The fraction of sp³-hybridized carbons (Fsp3) is 0.455. The Labute approximate surface area is 235 Å². The standard InChI is InChI=1S/C33H32F5NO2/c1-30-19-27(21-6-4-5-20(17-21)8-10-23-7-2-3-16-39-23)29-25-13-11-24(40)18-22(25)9-12-26(29)28(30)14-15-31(30,41)32(34,35)33(36,37)38/h2-8,10,16-18,26-28,41H,9,11-15,19H2,1H3/b10-8+/t26-,27+,28-,30-,31-/m0/s1. The topological polar surface area (TPSA) is 50.2 Å². The van der Waals surface area contributed by atoms with Gasteiger partial charge in [0.25, 0.3) is 0 Å². The summed E-state index contributed by atoms with van der Waals surface area (Å²) >= 11 is 0. The Morgan fingerprint density at radius 2 is 1.80 bits per heavy atom. The van der Waals surface area contributed by atoms with Crippen molar-refractivity contribution in [2.45, 2.75) is 75.5 Å². The van der Waals surface area contributed by atoms with Crippen molar-refractivity contribution in [3.8, 4) is 0 Å². The largest absolute Gasteiger partial charge is 0.456 e. The zero-order valence-electron chi connectivity index (χ0n) is 22.7. The predicted molar refractivity (Wildman–Crippen MR) is 146 cm³/mol. The number of ketones is 1. The van der Waals surface area contributed by atoms with Crippen LogP contribution in [0.3, 0.4) is 0 Å². The predicted octanol–water partition coefficient (Wildman–Crippen LogP) is 8.08. The van der Waals surface area contributed by atoms with Crippen LogP contribution in [0.15, 0.2) is 71.5 Å². The van der Waals surface area contributed by atoms with E-state index in [1.54, 1.807) is 12.3 Å². The number of carbonyl (C=O) groups excluding carboxylic acids is 1. The van der Waals surface area contributed by atoms with Crippen LogP contribution < -0.4 is 0 Å². The molecule has 2 aromatic rings. The molecule has 0 radical (unpaired) electrons. The van der Waals surface area contributed by atoms with Crippen LogP contribution in [0.1, 0.15) is 74.6 Å². The van der Waals surface area contributed by atoms with E-state index in [1.807, 2.05) is 54.6 Å². The number of rotatable bonds is 4. The Kier molecular flexibility index (Phi) is 6.64. The summed E-state index contributed by atoms with van der Waals surface area (Å²) in [6.07, 6.45) is 2.73. The molecule has 41 heavy (non-hydrogen) atoms. The first-order valence-corrected chi connectivity index (χ1v) is 14.2. The van der Waals surface area contributed by atoms with Crippen molar-refractivity contribution in [2.24, 2.45) is 17.3 Å². The number of benzene rings is 1. The van der Waals surface area contributed by atoms with E-state index in [0.29, 0.717) is 25.7 Å². The first kappa shape index (κ1) is 28.0. The van der Waals surface area contributed by atoms with Gasteiger partial charge >= 0.3 is 12.1 Å². The van der Waals surface area contributed by atoms with Gasteiger partial charge in [0.05, 0.1) is 5.69 Å². The molecule has 0 bridgehead atoms. The lowest BCUT2D eigenvalue weighted by molar-refractivity contribution is -0.362. The van der Waals surface area contributed by atoms with Crippen LogP contribution in [-0.4, -0.2) is 33.6 Å². The lowest BCUT2D eigenvalue weighted by Crippen LogP contribution is -2.65. The van der Waals surface area contributed by atoms with E-state index in [9.17, 15) is 23.1 Å². The normalized spacial score (nSPS) is 32.0. The maximum Gasteiger partial charge on any atom is 0.456 e. The molecule has 1 aromatic heterocycles. The summed E-state index contributed by atoms with van der Waals surface area (Å²) in [5, 5.41) is 11.4. The highest BCUT2D eigenvalue weighted by molar-refractivity contribution is 5.93. The number of halogens is 5. The molecule has 6 rings (SSSR count). The van der Waals surface area contributed by atoms with Crippen LogP contribution >= 0.6 is 0 Å². The Balaban J connectivity index is 1.48. The Morgan fingerprint density at radius 3 is 2.54 bits per heavy atom. The second-order valence-electron chi connectivity index (χ2n) is 12.2. The molecule has 0 spiro atoms. The number of fused-ring (bicyclic) bond motifs is 4. The van der Waals surface area contributed by atoms with Gasteiger partial charge in [-0.2, -0.15) is 22.0 Å². The van der Waals surface area contributed by atoms with Gasteiger partial charge in [-0.05, 0) is 96.9 Å². The molecule has 0 amide bonds. The minimum absolute atomic E-state index is 0.0379. The second kappa shape index (κ2) is 9.72. The van der Waals surface area contributed by atoms with E-state index in [0.717, 1.165) is 33.5 Å². The number of allylic oxidation sites excluding steroid dienone is 4. The van der Waals surface area contributed by atoms with Gasteiger partial charge < -0.3 is 5.11 Å². The molecule has 0 saturated heterocycles. The number of hydrogen-bond donors (Lipinski definition) is 1. The molecule has 1 N–H and O–H groups in total. The third-order valence-corrected chi connectivity index (χ3v) is 10.2. The fourth-order valence-electron chi connectivity index (χ4n) is 8.25. The fourth-order valence-corrected chi connectivity index (χ4v) is 8.25. The number of pyridine rings is 1. The molecule has 8 heteroatoms. The average Bonchev–Trinajstić information content (AvgIpc) is 3.22. The lowest BCUT2D eigenvalue weighted by atomic mass is 9.50. The second-order valence-corrected chi connectivity index (χ2v) is 12.2. The smallest absolute Gasteiger partial charge is 0.383 e. The van der Waals surface area contributed by atoms with E-state index in [1.165, 1.54) is 6.92 Å². The monoisotopic (exact) mass is 569 g/mol. The van der Waals surface area contributed by atoms with Gasteiger partial charge in [0.15, 0.2) is 5.78 Å². The van der Waals surface area contributed by atoms with Crippen LogP contribution in [0.5, 0.6) is 0 Å². The van der Waals surface area contributed by atoms with Crippen molar-refractivity contribution in [1.29, 1.82) is 0 Å². The summed E-state index contributed by atoms with van der Waals surface area (Å²) in [5.74, 6) is -6.43. The van der Waals surface area contributed by atoms with Crippen molar-refractivity contribution < 1.29 is 31.9 Å². The molecule has 0 unspecified atom stereocenters. The van der Waals surface area contributed by atoms with E-state index >= 15 is 8.78 Å². The summed E-state index contributed by atoms with van der Waals surface area (Å²) in [7, 11) is 0. The van der Waals surface area contributed by atoms with Crippen LogP contribution in [-0.2, 0) is 4.79 Å². The summed E-state index contributed by atoms with van der Waals surface area (Å²) < 4.78 is 71.7. The summed E-state index contributed by atoms with van der Waals surface area (Å²) in [6.45, 7) is 1.44. The highest BCUT2D eigenvalue weighted by atomic mass is 19.4. The van der Waals surface area contributed by atoms with Crippen LogP contribution in [0.2, 0.25) is 0 Å². The van der Waals surface area contributed by atoms with Gasteiger partial charge in [0.2, 0.25) is 0 Å². The van der Waals surface area contributed by atoms with Gasteiger partial charge in [-0.15, -0.1) is 0 Å². The van der Waals surface area contributed by atoms with Crippen molar-refractivity contribution >= 4 is 17.9 Å². The first-order chi connectivity index (χ1) is 19.4. The maximum absolute atomic E-state index is 15.2. The third-order valence-electron chi connectivity index (χ3n) is 10.2. The molecule has 1 heterocycles. The van der Waals surface area contributed by atoms with Crippen molar-refractivity contribution in [1.82, 2.24) is 4.98 Å². The van der Waals surface area contributed by atoms with E-state index in [-0.39, 0.29) is 24.5 Å². The number of carbonyl (C=O) groups is 1. The average molecular weight is 570 g/mol. The first-order valence-electron chi connectivity index (χ1n) is 14.2. The summed E-state index contributed by atoms with van der Waals surface area (Å²) in [6, 6.07) is 13.1. The summed E-state index contributed by atoms with van der Waals surface area (Å²) in [4.78, 5) is 16.5. The van der Waals surface area contributed by atoms with Crippen molar-refractivity contribution in [3.63, 3.8) is 0 Å². The maximum atomic E-state index is 15.2. The Bertz CT molecular complexity index is 1460. The quantitative estimate of drug-likeness (QED) is 0.379. The highest BCUT2D eigenvalue weighted by Crippen LogP contribution is 2.70. The van der Waals surface area contributed by atoms with Gasteiger partial charge in [-0.1, -0.05) is 48.9 Å². The van der Waals surface area contributed by atoms with Crippen LogP contribution in [0.25, 0.3) is 12.2 Å². The number of aromatic nitrogens is 1. The van der Waals surface area contributed by atoms with Crippen LogP contribution in [0.4, 0.5) is 22.0 Å². The Hall–Kier alpha value is -3.13. The van der Waals surface area contributed by atoms with E-state index < -0.39 is 41.4 Å². The molecule has 4 aliphatic carbocycles. The molecular weight excluding hydrogens is 537 g/mol. The Morgan fingerprint density at radius 1 is 1.00 bits per heavy atom. The van der Waals surface area contributed by atoms with Gasteiger partial charge in [0.1, 0.15) is 5.60 Å². The van der Waals surface area contributed by atoms with Gasteiger partial charge in [0, 0.05) is 24.0 Å². The number of nitrogens with zero attached hydrogens (tertiary/aromatic N) is 1. The number of aliphatic hydroxyl groups is 1. The molecular formula is C33H32F5NO2. The third kappa shape index (κ3) is 4.32.